The molecular formula is C21H28N2O4. The Morgan fingerprint density at radius 3 is 2.22 bits per heavy atom. The molecule has 0 spiro atoms. The number of imide groups is 1. The van der Waals surface area contributed by atoms with Crippen molar-refractivity contribution in [1.82, 2.24) is 9.80 Å². The first kappa shape index (κ1) is 19.5. The largest absolute Gasteiger partial charge is 0.369 e. The van der Waals surface area contributed by atoms with Gasteiger partial charge in [-0.05, 0) is 38.8 Å². The maximum absolute atomic E-state index is 12.6. The molecule has 1 saturated carbocycles. The first-order valence-corrected chi connectivity index (χ1v) is 9.64. The third-order valence-corrected chi connectivity index (χ3v) is 5.60. The van der Waals surface area contributed by atoms with Crippen molar-refractivity contribution >= 4 is 17.7 Å². The van der Waals surface area contributed by atoms with Gasteiger partial charge in [-0.2, -0.15) is 0 Å². The number of carbonyl (C=O) groups excluding carboxylic acids is 3. The second-order valence-corrected chi connectivity index (χ2v) is 8.09. The normalized spacial score (nSPS) is 18.0. The van der Waals surface area contributed by atoms with E-state index in [1.807, 2.05) is 7.05 Å². The van der Waals surface area contributed by atoms with Crippen LogP contribution in [0.5, 0.6) is 0 Å². The summed E-state index contributed by atoms with van der Waals surface area (Å²) in [6.07, 6.45) is 5.65. The Hall–Kier alpha value is -2.21. The number of ether oxygens (including phenoxy) is 1. The zero-order valence-electron chi connectivity index (χ0n) is 16.4. The van der Waals surface area contributed by atoms with Crippen LogP contribution in [0.1, 0.15) is 66.7 Å². The lowest BCUT2D eigenvalue weighted by molar-refractivity contribution is -0.138. The van der Waals surface area contributed by atoms with Gasteiger partial charge < -0.3 is 9.64 Å². The summed E-state index contributed by atoms with van der Waals surface area (Å²) in [5.74, 6) is -0.676. The Balaban J connectivity index is 1.57. The Labute approximate surface area is 160 Å². The van der Waals surface area contributed by atoms with Gasteiger partial charge in [-0.25, -0.2) is 0 Å². The van der Waals surface area contributed by atoms with Crippen LogP contribution in [-0.4, -0.2) is 59.4 Å². The van der Waals surface area contributed by atoms with Crippen molar-refractivity contribution in [1.29, 1.82) is 0 Å². The molecule has 0 radical (unpaired) electrons. The van der Waals surface area contributed by atoms with Gasteiger partial charge in [-0.1, -0.05) is 31.4 Å². The number of rotatable bonds is 6. The van der Waals surface area contributed by atoms with E-state index in [0.29, 0.717) is 17.2 Å². The van der Waals surface area contributed by atoms with Crippen molar-refractivity contribution in [2.24, 2.45) is 0 Å². The minimum atomic E-state index is -0.836. The monoisotopic (exact) mass is 372 g/mol. The van der Waals surface area contributed by atoms with Gasteiger partial charge in [0.1, 0.15) is 6.61 Å². The van der Waals surface area contributed by atoms with Crippen LogP contribution in [0.15, 0.2) is 24.3 Å². The fraction of sp³-hybridized carbons (Fsp3) is 0.571. The van der Waals surface area contributed by atoms with E-state index in [1.165, 1.54) is 11.3 Å². The molecule has 1 aromatic carbocycles. The number of amides is 3. The molecule has 0 unspecified atom stereocenters. The Morgan fingerprint density at radius 1 is 1.11 bits per heavy atom. The number of hydrogen-bond acceptors (Lipinski definition) is 4. The highest BCUT2D eigenvalue weighted by Gasteiger charge is 2.44. The average molecular weight is 372 g/mol. The number of fused-ring (bicyclic) bond motifs is 1. The molecule has 2 aliphatic rings. The minimum absolute atomic E-state index is 0.0421. The number of nitrogens with zero attached hydrogens (tertiary/aromatic N) is 2. The van der Waals surface area contributed by atoms with E-state index in [4.69, 9.17) is 4.74 Å². The number of benzene rings is 1. The molecule has 1 fully saturated rings. The van der Waals surface area contributed by atoms with Crippen LogP contribution in [-0.2, 0) is 9.53 Å². The molecule has 27 heavy (non-hydrogen) atoms. The molecule has 3 rings (SSSR count). The van der Waals surface area contributed by atoms with Crippen LogP contribution in [0.4, 0.5) is 0 Å². The van der Waals surface area contributed by atoms with Crippen molar-refractivity contribution in [2.75, 3.05) is 20.3 Å². The molecule has 3 amide bonds. The Kier molecular flexibility index (Phi) is 5.65. The molecule has 1 heterocycles. The van der Waals surface area contributed by atoms with E-state index in [9.17, 15) is 14.4 Å². The highest BCUT2D eigenvalue weighted by atomic mass is 16.5. The Bertz CT molecular complexity index is 702. The lowest BCUT2D eigenvalue weighted by atomic mass is 9.94. The standard InChI is InChI=1S/C21H28N2O4/c1-21(2,23-19(25)16-11-7-8-12-17(16)20(23)26)14-27-13-18(24)22(3)15-9-5-4-6-10-15/h7-8,11-12,15H,4-6,9-10,13-14H2,1-3H3. The molecule has 0 aromatic heterocycles. The summed E-state index contributed by atoms with van der Waals surface area (Å²) in [5, 5.41) is 0. The summed E-state index contributed by atoms with van der Waals surface area (Å²) >= 11 is 0. The highest BCUT2D eigenvalue weighted by molar-refractivity contribution is 6.21. The van der Waals surface area contributed by atoms with Gasteiger partial charge in [-0.3, -0.25) is 19.3 Å². The number of likely N-dealkylation sites (N-methyl/N-ethyl adjacent to an activating group) is 1. The van der Waals surface area contributed by atoms with Gasteiger partial charge in [-0.15, -0.1) is 0 Å². The maximum atomic E-state index is 12.6. The van der Waals surface area contributed by atoms with Gasteiger partial charge in [0.15, 0.2) is 0 Å². The number of carbonyl (C=O) groups is 3. The first-order valence-electron chi connectivity index (χ1n) is 9.64. The van der Waals surface area contributed by atoms with E-state index in [2.05, 4.69) is 0 Å². The van der Waals surface area contributed by atoms with E-state index in [0.717, 1.165) is 25.7 Å². The van der Waals surface area contributed by atoms with E-state index >= 15 is 0 Å². The predicted molar refractivity (Wildman–Crippen MR) is 101 cm³/mol. The summed E-state index contributed by atoms with van der Waals surface area (Å²) in [5.41, 5.74) is 0.00372. The molecule has 0 N–H and O–H groups in total. The molecule has 146 valence electrons. The zero-order valence-corrected chi connectivity index (χ0v) is 16.4. The number of hydrogen-bond donors (Lipinski definition) is 0. The van der Waals surface area contributed by atoms with Crippen LogP contribution in [0.2, 0.25) is 0 Å². The van der Waals surface area contributed by atoms with Crippen LogP contribution in [0.3, 0.4) is 0 Å². The molecule has 6 heteroatoms. The quantitative estimate of drug-likeness (QED) is 0.720. The van der Waals surface area contributed by atoms with Gasteiger partial charge >= 0.3 is 0 Å². The third kappa shape index (κ3) is 3.90. The third-order valence-electron chi connectivity index (χ3n) is 5.60. The summed E-state index contributed by atoms with van der Waals surface area (Å²) in [4.78, 5) is 40.7. The van der Waals surface area contributed by atoms with Gasteiger partial charge in [0.2, 0.25) is 5.91 Å². The van der Waals surface area contributed by atoms with Crippen molar-refractivity contribution < 1.29 is 19.1 Å². The van der Waals surface area contributed by atoms with Crippen LogP contribution in [0, 0.1) is 0 Å². The van der Waals surface area contributed by atoms with Gasteiger partial charge in [0.25, 0.3) is 11.8 Å². The molecule has 6 nitrogen and oxygen atoms in total. The molecular weight excluding hydrogens is 344 g/mol. The first-order chi connectivity index (χ1) is 12.8. The summed E-state index contributed by atoms with van der Waals surface area (Å²) in [7, 11) is 1.83. The van der Waals surface area contributed by atoms with Crippen molar-refractivity contribution in [3.05, 3.63) is 35.4 Å². The molecule has 0 atom stereocenters. The lowest BCUT2D eigenvalue weighted by Gasteiger charge is -2.34. The van der Waals surface area contributed by atoms with E-state index < -0.39 is 5.54 Å². The summed E-state index contributed by atoms with van der Waals surface area (Å²) in [6, 6.07) is 7.11. The maximum Gasteiger partial charge on any atom is 0.262 e. The topological polar surface area (TPSA) is 66.9 Å². The summed E-state index contributed by atoms with van der Waals surface area (Å²) < 4.78 is 5.64. The van der Waals surface area contributed by atoms with Crippen LogP contribution < -0.4 is 0 Å². The second-order valence-electron chi connectivity index (χ2n) is 8.09. The molecule has 0 bridgehead atoms. The van der Waals surface area contributed by atoms with Crippen molar-refractivity contribution in [2.45, 2.75) is 57.5 Å². The molecule has 1 aliphatic heterocycles. The Morgan fingerprint density at radius 2 is 1.67 bits per heavy atom. The molecule has 1 aliphatic carbocycles. The van der Waals surface area contributed by atoms with E-state index in [-0.39, 0.29) is 30.9 Å². The van der Waals surface area contributed by atoms with Gasteiger partial charge in [0, 0.05) is 13.1 Å². The fourth-order valence-corrected chi connectivity index (χ4v) is 3.97. The van der Waals surface area contributed by atoms with Crippen LogP contribution in [0.25, 0.3) is 0 Å². The van der Waals surface area contributed by atoms with Gasteiger partial charge in [0.05, 0.1) is 23.3 Å². The van der Waals surface area contributed by atoms with E-state index in [1.54, 1.807) is 43.0 Å². The zero-order chi connectivity index (χ0) is 19.6. The lowest BCUT2D eigenvalue weighted by Crippen LogP contribution is -2.51. The highest BCUT2D eigenvalue weighted by Crippen LogP contribution is 2.29. The molecule has 0 saturated heterocycles. The predicted octanol–water partition coefficient (Wildman–Crippen LogP) is 2.87. The molecule has 1 aromatic rings. The van der Waals surface area contributed by atoms with Crippen molar-refractivity contribution in [3.8, 4) is 0 Å². The summed E-state index contributed by atoms with van der Waals surface area (Å²) in [6.45, 7) is 3.64. The van der Waals surface area contributed by atoms with Crippen molar-refractivity contribution in [3.63, 3.8) is 0 Å². The SMILES string of the molecule is CN(C(=O)COCC(C)(C)N1C(=O)c2ccccc2C1=O)C1CCCCC1. The fourth-order valence-electron chi connectivity index (χ4n) is 3.97. The van der Waals surface area contributed by atoms with Crippen LogP contribution >= 0.6 is 0 Å². The average Bonchev–Trinajstić information content (AvgIpc) is 2.93. The second kappa shape index (κ2) is 7.80. The smallest absolute Gasteiger partial charge is 0.262 e. The minimum Gasteiger partial charge on any atom is -0.369 e.